The number of anilines is 2. The van der Waals surface area contributed by atoms with E-state index in [4.69, 9.17) is 0 Å². The monoisotopic (exact) mass is 418 g/mol. The van der Waals surface area contributed by atoms with Crippen molar-refractivity contribution in [1.82, 2.24) is 0 Å². The Morgan fingerprint density at radius 3 is 2.23 bits per heavy atom. The summed E-state index contributed by atoms with van der Waals surface area (Å²) >= 11 is 0. The summed E-state index contributed by atoms with van der Waals surface area (Å²) < 4.78 is 27.9. The zero-order valence-electron chi connectivity index (χ0n) is 17.3. The number of nitrogens with zero attached hydrogens (tertiary/aromatic N) is 1. The predicted octanol–water partition coefficient (Wildman–Crippen LogP) is 5.29. The van der Waals surface area contributed by atoms with Crippen LogP contribution < -0.4 is 10.2 Å². The summed E-state index contributed by atoms with van der Waals surface area (Å²) in [4.78, 5) is 27.4. The fourth-order valence-electron chi connectivity index (χ4n) is 3.54. The average Bonchev–Trinajstić information content (AvgIpc) is 2.96. The van der Waals surface area contributed by atoms with Crippen molar-refractivity contribution in [3.05, 3.63) is 100 Å². The number of benzene rings is 3. The molecule has 0 atom stereocenters. The molecule has 0 saturated heterocycles. The molecule has 1 N–H and O–H groups in total. The van der Waals surface area contributed by atoms with E-state index in [1.165, 1.54) is 0 Å². The highest BCUT2D eigenvalue weighted by molar-refractivity contribution is 6.46. The first-order valence-corrected chi connectivity index (χ1v) is 9.76. The topological polar surface area (TPSA) is 49.4 Å². The van der Waals surface area contributed by atoms with Crippen LogP contribution >= 0.6 is 0 Å². The van der Waals surface area contributed by atoms with Gasteiger partial charge in [0.2, 0.25) is 0 Å². The lowest BCUT2D eigenvalue weighted by Crippen LogP contribution is -2.33. The highest BCUT2D eigenvalue weighted by Gasteiger charge is 2.41. The van der Waals surface area contributed by atoms with Gasteiger partial charge in [-0.3, -0.25) is 9.59 Å². The Morgan fingerprint density at radius 1 is 0.839 bits per heavy atom. The smallest absolute Gasteiger partial charge is 0.282 e. The summed E-state index contributed by atoms with van der Waals surface area (Å²) in [5, 5.41) is 3.10. The van der Waals surface area contributed by atoms with Crippen molar-refractivity contribution < 1.29 is 18.4 Å². The maximum atomic E-state index is 14.5. The molecule has 0 spiro atoms. The van der Waals surface area contributed by atoms with Crippen LogP contribution in [0.15, 0.2) is 66.4 Å². The van der Waals surface area contributed by atoms with E-state index in [0.29, 0.717) is 17.3 Å². The number of carbonyl (C=O) groups is 2. The Hall–Kier alpha value is -3.80. The Morgan fingerprint density at radius 2 is 1.55 bits per heavy atom. The van der Waals surface area contributed by atoms with Crippen LogP contribution in [0.1, 0.15) is 22.3 Å². The van der Waals surface area contributed by atoms with Crippen LogP contribution in [0.2, 0.25) is 0 Å². The summed E-state index contributed by atoms with van der Waals surface area (Å²) in [6.45, 7) is 5.76. The molecular weight excluding hydrogens is 398 g/mol. The van der Waals surface area contributed by atoms with Crippen molar-refractivity contribution in [2.75, 3.05) is 10.2 Å². The molecule has 0 bridgehead atoms. The Kier molecular flexibility index (Phi) is 5.15. The molecule has 0 fully saturated rings. The highest BCUT2D eigenvalue weighted by atomic mass is 19.1. The van der Waals surface area contributed by atoms with E-state index in [9.17, 15) is 18.4 Å². The number of carbonyl (C=O) groups excluding carboxylic acids is 2. The Bertz CT molecular complexity index is 1250. The van der Waals surface area contributed by atoms with Gasteiger partial charge in [0.1, 0.15) is 17.3 Å². The molecular formula is C25H20F2N2O2. The summed E-state index contributed by atoms with van der Waals surface area (Å²) in [7, 11) is 0. The van der Waals surface area contributed by atoms with Gasteiger partial charge in [0.05, 0.1) is 11.3 Å². The quantitative estimate of drug-likeness (QED) is 0.586. The summed E-state index contributed by atoms with van der Waals surface area (Å²) in [6.07, 6.45) is 0. The second kappa shape index (κ2) is 7.80. The second-order valence-electron chi connectivity index (χ2n) is 7.53. The summed E-state index contributed by atoms with van der Waals surface area (Å²) in [5.41, 5.74) is 4.01. The molecule has 0 radical (unpaired) electrons. The maximum absolute atomic E-state index is 14.5. The number of nitrogens with one attached hydrogen (secondary N) is 1. The first-order valence-electron chi connectivity index (χ1n) is 9.76. The van der Waals surface area contributed by atoms with Crippen LogP contribution in [-0.2, 0) is 9.59 Å². The number of amides is 2. The lowest BCUT2D eigenvalue weighted by molar-refractivity contribution is -0.120. The first kappa shape index (κ1) is 20.5. The molecule has 3 aromatic rings. The minimum Gasteiger partial charge on any atom is -0.350 e. The molecule has 0 unspecified atom stereocenters. The van der Waals surface area contributed by atoms with E-state index >= 15 is 0 Å². The summed E-state index contributed by atoms with van der Waals surface area (Å²) in [6, 6.07) is 15.5. The maximum Gasteiger partial charge on any atom is 0.282 e. The third-order valence-corrected chi connectivity index (χ3v) is 5.44. The second-order valence-corrected chi connectivity index (χ2v) is 7.53. The van der Waals surface area contributed by atoms with Crippen LogP contribution in [0, 0.1) is 32.4 Å². The van der Waals surface area contributed by atoms with Crippen LogP contribution in [-0.4, -0.2) is 11.8 Å². The lowest BCUT2D eigenvalue weighted by atomic mass is 10.0. The van der Waals surface area contributed by atoms with Crippen molar-refractivity contribution in [2.24, 2.45) is 0 Å². The van der Waals surface area contributed by atoms with Crippen LogP contribution in [0.5, 0.6) is 0 Å². The largest absolute Gasteiger partial charge is 0.350 e. The minimum atomic E-state index is -0.988. The van der Waals surface area contributed by atoms with Gasteiger partial charge in [0.25, 0.3) is 11.8 Å². The molecule has 4 rings (SSSR count). The van der Waals surface area contributed by atoms with Crippen molar-refractivity contribution in [3.63, 3.8) is 0 Å². The molecule has 1 heterocycles. The minimum absolute atomic E-state index is 0.0475. The van der Waals surface area contributed by atoms with E-state index in [0.717, 1.165) is 33.7 Å². The molecule has 6 heteroatoms. The fourth-order valence-corrected chi connectivity index (χ4v) is 3.54. The molecule has 1 aliphatic heterocycles. The lowest BCUT2D eigenvalue weighted by Gasteiger charge is -2.16. The van der Waals surface area contributed by atoms with Crippen LogP contribution in [0.4, 0.5) is 20.2 Å². The molecule has 0 saturated carbocycles. The van der Waals surface area contributed by atoms with Gasteiger partial charge in [-0.2, -0.15) is 0 Å². The molecule has 31 heavy (non-hydrogen) atoms. The van der Waals surface area contributed by atoms with E-state index in [2.05, 4.69) is 5.32 Å². The van der Waals surface area contributed by atoms with Gasteiger partial charge in [-0.05, 0) is 55.7 Å². The molecule has 3 aromatic carbocycles. The number of imide groups is 1. The van der Waals surface area contributed by atoms with Gasteiger partial charge in [-0.15, -0.1) is 0 Å². The molecule has 0 aliphatic carbocycles. The summed E-state index contributed by atoms with van der Waals surface area (Å²) in [5.74, 6) is -3.15. The van der Waals surface area contributed by atoms with Gasteiger partial charge >= 0.3 is 0 Å². The third-order valence-electron chi connectivity index (χ3n) is 5.44. The highest BCUT2D eigenvalue weighted by Crippen LogP contribution is 2.35. The van der Waals surface area contributed by atoms with E-state index in [-0.39, 0.29) is 17.0 Å². The number of hydrogen-bond acceptors (Lipinski definition) is 3. The normalized spacial score (nSPS) is 13.9. The zero-order valence-corrected chi connectivity index (χ0v) is 17.3. The zero-order chi connectivity index (χ0) is 22.3. The van der Waals surface area contributed by atoms with Crippen molar-refractivity contribution in [1.29, 1.82) is 0 Å². The standard InChI is InChI=1S/C25H20F2N2O2/c1-14-7-9-17(10-8-14)22-23(28-20-6-4-5-15(2)16(20)3)25(31)29(24(22)30)21-12-11-18(26)13-19(21)27/h4-13,28H,1-3H3. The number of halogens is 2. The van der Waals surface area contributed by atoms with Crippen LogP contribution in [0.25, 0.3) is 5.57 Å². The van der Waals surface area contributed by atoms with Gasteiger partial charge in [0.15, 0.2) is 0 Å². The fraction of sp³-hybridized carbons (Fsp3) is 0.120. The third kappa shape index (κ3) is 3.61. The Balaban J connectivity index is 1.87. The van der Waals surface area contributed by atoms with Gasteiger partial charge in [-0.25, -0.2) is 13.7 Å². The number of hydrogen-bond donors (Lipinski definition) is 1. The van der Waals surface area contributed by atoms with E-state index < -0.39 is 23.4 Å². The van der Waals surface area contributed by atoms with E-state index in [1.807, 2.05) is 45.0 Å². The predicted molar refractivity (Wildman–Crippen MR) is 116 cm³/mol. The molecule has 0 aromatic heterocycles. The molecule has 2 amide bonds. The van der Waals surface area contributed by atoms with Crippen molar-refractivity contribution in [2.45, 2.75) is 20.8 Å². The number of aryl methyl sites for hydroxylation is 2. The average molecular weight is 418 g/mol. The molecule has 4 nitrogen and oxygen atoms in total. The SMILES string of the molecule is Cc1ccc(C2=C(Nc3cccc(C)c3C)C(=O)N(c3ccc(F)cc3F)C2=O)cc1. The van der Waals surface area contributed by atoms with Crippen LogP contribution in [0.3, 0.4) is 0 Å². The number of rotatable bonds is 4. The Labute approximate surface area is 178 Å². The van der Waals surface area contributed by atoms with E-state index in [1.54, 1.807) is 18.2 Å². The van der Waals surface area contributed by atoms with Gasteiger partial charge in [-0.1, -0.05) is 42.0 Å². The van der Waals surface area contributed by atoms with Gasteiger partial charge in [0, 0.05) is 11.8 Å². The first-order chi connectivity index (χ1) is 14.8. The van der Waals surface area contributed by atoms with Crippen molar-refractivity contribution >= 4 is 28.8 Å². The molecule has 156 valence electrons. The van der Waals surface area contributed by atoms with Crippen molar-refractivity contribution in [3.8, 4) is 0 Å². The molecule has 1 aliphatic rings. The van der Waals surface area contributed by atoms with Gasteiger partial charge < -0.3 is 5.32 Å².